The van der Waals surface area contributed by atoms with Gasteiger partial charge in [-0.05, 0) is 26.7 Å². The molecule has 0 aliphatic carbocycles. The van der Waals surface area contributed by atoms with Crippen LogP contribution in [0.3, 0.4) is 0 Å². The second-order valence-electron chi connectivity index (χ2n) is 4.94. The maximum absolute atomic E-state index is 11.5. The van der Waals surface area contributed by atoms with Crippen LogP contribution in [0.4, 0.5) is 4.79 Å². The van der Waals surface area contributed by atoms with Crippen LogP contribution >= 0.6 is 0 Å². The number of urea groups is 1. The maximum atomic E-state index is 11.5. The summed E-state index contributed by atoms with van der Waals surface area (Å²) in [4.78, 5) is 33.3. The second-order valence-corrected chi connectivity index (χ2v) is 4.94. The van der Waals surface area contributed by atoms with E-state index in [0.29, 0.717) is 13.0 Å². The fourth-order valence-corrected chi connectivity index (χ4v) is 1.32. The van der Waals surface area contributed by atoms with Crippen molar-refractivity contribution in [3.63, 3.8) is 0 Å². The van der Waals surface area contributed by atoms with Gasteiger partial charge < -0.3 is 21.1 Å². The Kier molecular flexibility index (Phi) is 7.55. The number of aliphatic carboxylic acids is 1. The molecular weight excluding hydrogens is 250 g/mol. The lowest BCUT2D eigenvalue weighted by atomic mass is 9.99. The van der Waals surface area contributed by atoms with Crippen molar-refractivity contribution >= 4 is 17.9 Å². The molecule has 0 rings (SSSR count). The number of carboxylic acids is 1. The summed E-state index contributed by atoms with van der Waals surface area (Å²) >= 11 is 0. The highest BCUT2D eigenvalue weighted by Crippen LogP contribution is 2.10. The van der Waals surface area contributed by atoms with Crippen molar-refractivity contribution in [1.29, 1.82) is 0 Å². The molecule has 4 N–H and O–H groups in total. The quantitative estimate of drug-likeness (QED) is 0.515. The number of hydrogen-bond donors (Lipinski definition) is 4. The van der Waals surface area contributed by atoms with Crippen LogP contribution in [0, 0.1) is 0 Å². The fraction of sp³-hybridized carbons (Fsp3) is 0.750. The van der Waals surface area contributed by atoms with E-state index in [0.717, 1.165) is 6.42 Å². The van der Waals surface area contributed by atoms with Crippen molar-refractivity contribution in [2.45, 2.75) is 45.6 Å². The molecule has 0 fully saturated rings. The number of amides is 3. The van der Waals surface area contributed by atoms with Crippen molar-refractivity contribution in [3.8, 4) is 0 Å². The predicted molar refractivity (Wildman–Crippen MR) is 70.8 cm³/mol. The van der Waals surface area contributed by atoms with Crippen molar-refractivity contribution in [1.82, 2.24) is 16.0 Å². The van der Waals surface area contributed by atoms with E-state index < -0.39 is 17.5 Å². The Balaban J connectivity index is 3.95. The van der Waals surface area contributed by atoms with Gasteiger partial charge in [0.25, 0.3) is 0 Å². The lowest BCUT2D eigenvalue weighted by Crippen LogP contribution is -2.50. The third kappa shape index (κ3) is 9.87. The summed E-state index contributed by atoms with van der Waals surface area (Å²) in [5.74, 6) is -1.16. The average Bonchev–Trinajstić information content (AvgIpc) is 2.31. The van der Waals surface area contributed by atoms with Crippen LogP contribution in [0.1, 0.15) is 40.0 Å². The molecule has 0 atom stereocenters. The number of carboxylic acid groups (broad SMARTS) is 1. The van der Waals surface area contributed by atoms with Gasteiger partial charge in [-0.15, -0.1) is 0 Å². The van der Waals surface area contributed by atoms with Gasteiger partial charge in [-0.1, -0.05) is 6.92 Å². The summed E-state index contributed by atoms with van der Waals surface area (Å²) in [5.41, 5.74) is -0.637. The van der Waals surface area contributed by atoms with E-state index in [4.69, 9.17) is 5.11 Å². The Morgan fingerprint density at radius 3 is 2.32 bits per heavy atom. The Morgan fingerprint density at radius 1 is 1.16 bits per heavy atom. The molecule has 7 heteroatoms. The zero-order chi connectivity index (χ0) is 14.9. The van der Waals surface area contributed by atoms with Gasteiger partial charge in [-0.3, -0.25) is 9.59 Å². The first-order valence-corrected chi connectivity index (χ1v) is 6.31. The first-order chi connectivity index (χ1) is 8.76. The summed E-state index contributed by atoms with van der Waals surface area (Å²) in [5, 5.41) is 16.3. The van der Waals surface area contributed by atoms with Crippen LogP contribution in [0.25, 0.3) is 0 Å². The second kappa shape index (κ2) is 8.34. The molecule has 7 nitrogen and oxygen atoms in total. The Hall–Kier alpha value is -1.79. The van der Waals surface area contributed by atoms with Crippen molar-refractivity contribution in [2.75, 3.05) is 13.1 Å². The average molecular weight is 273 g/mol. The summed E-state index contributed by atoms with van der Waals surface area (Å²) in [7, 11) is 0. The molecule has 19 heavy (non-hydrogen) atoms. The number of carbonyl (C=O) groups excluding carboxylic acids is 2. The molecule has 0 spiro atoms. The van der Waals surface area contributed by atoms with Crippen LogP contribution in [-0.4, -0.2) is 41.6 Å². The highest BCUT2D eigenvalue weighted by Gasteiger charge is 2.21. The van der Waals surface area contributed by atoms with Gasteiger partial charge in [0.1, 0.15) is 0 Å². The smallest absolute Gasteiger partial charge is 0.315 e. The van der Waals surface area contributed by atoms with Gasteiger partial charge in [0.15, 0.2) is 0 Å². The maximum Gasteiger partial charge on any atom is 0.315 e. The van der Waals surface area contributed by atoms with Crippen molar-refractivity contribution in [2.24, 2.45) is 0 Å². The summed E-state index contributed by atoms with van der Waals surface area (Å²) in [6.45, 7) is 5.87. The summed E-state index contributed by atoms with van der Waals surface area (Å²) in [6.07, 6.45) is 1.13. The van der Waals surface area contributed by atoms with E-state index in [1.165, 1.54) is 0 Å². The standard InChI is InChI=1S/C12H23N3O4/c1-4-7-13-9(16)8-14-11(19)15-12(2,3)6-5-10(17)18/h4-8H2,1-3H3,(H,13,16)(H,17,18)(H2,14,15,19). The topological polar surface area (TPSA) is 108 Å². The van der Waals surface area contributed by atoms with Crippen LogP contribution in [0.15, 0.2) is 0 Å². The van der Waals surface area contributed by atoms with Crippen LogP contribution in [0.2, 0.25) is 0 Å². The number of carbonyl (C=O) groups is 3. The van der Waals surface area contributed by atoms with Crippen LogP contribution in [0.5, 0.6) is 0 Å². The van der Waals surface area contributed by atoms with Gasteiger partial charge in [0.05, 0.1) is 6.54 Å². The van der Waals surface area contributed by atoms with E-state index in [9.17, 15) is 14.4 Å². The van der Waals surface area contributed by atoms with Crippen LogP contribution in [-0.2, 0) is 9.59 Å². The minimum absolute atomic E-state index is 0.0235. The third-order valence-electron chi connectivity index (χ3n) is 2.40. The Labute approximate surface area is 113 Å². The van der Waals surface area contributed by atoms with Gasteiger partial charge in [-0.25, -0.2) is 4.79 Å². The molecular formula is C12H23N3O4. The molecule has 0 saturated carbocycles. The molecule has 0 aromatic heterocycles. The molecule has 110 valence electrons. The summed E-state index contributed by atoms with van der Waals surface area (Å²) < 4.78 is 0. The van der Waals surface area contributed by atoms with Crippen LogP contribution < -0.4 is 16.0 Å². The third-order valence-corrected chi connectivity index (χ3v) is 2.40. The highest BCUT2D eigenvalue weighted by molar-refractivity contribution is 5.84. The number of hydrogen-bond acceptors (Lipinski definition) is 3. The highest BCUT2D eigenvalue weighted by atomic mass is 16.4. The lowest BCUT2D eigenvalue weighted by molar-refractivity contribution is -0.137. The molecule has 0 aromatic rings. The predicted octanol–water partition coefficient (Wildman–Crippen LogP) is 0.455. The molecule has 0 heterocycles. The summed E-state index contributed by atoms with van der Waals surface area (Å²) in [6, 6.07) is -0.484. The zero-order valence-electron chi connectivity index (χ0n) is 11.7. The molecule has 0 bridgehead atoms. The fourth-order valence-electron chi connectivity index (χ4n) is 1.32. The van der Waals surface area contributed by atoms with Gasteiger partial charge in [0.2, 0.25) is 5.91 Å². The van der Waals surface area contributed by atoms with Gasteiger partial charge in [0, 0.05) is 18.5 Å². The molecule has 0 radical (unpaired) electrons. The molecule has 0 saturated heterocycles. The van der Waals surface area contributed by atoms with Gasteiger partial charge >= 0.3 is 12.0 Å². The van der Waals surface area contributed by atoms with E-state index in [-0.39, 0.29) is 18.9 Å². The largest absolute Gasteiger partial charge is 0.481 e. The molecule has 0 aliphatic heterocycles. The first kappa shape index (κ1) is 17.2. The van der Waals surface area contributed by atoms with Crippen molar-refractivity contribution in [3.05, 3.63) is 0 Å². The first-order valence-electron chi connectivity index (χ1n) is 6.31. The van der Waals surface area contributed by atoms with Gasteiger partial charge in [-0.2, -0.15) is 0 Å². The van der Waals surface area contributed by atoms with E-state index in [1.807, 2.05) is 6.92 Å². The number of rotatable bonds is 8. The molecule has 3 amide bonds. The molecule has 0 aliphatic rings. The minimum Gasteiger partial charge on any atom is -0.481 e. The normalized spacial score (nSPS) is 10.7. The van der Waals surface area contributed by atoms with E-state index >= 15 is 0 Å². The lowest BCUT2D eigenvalue weighted by Gasteiger charge is -2.25. The van der Waals surface area contributed by atoms with Crippen molar-refractivity contribution < 1.29 is 19.5 Å². The molecule has 0 unspecified atom stereocenters. The minimum atomic E-state index is -0.908. The Morgan fingerprint density at radius 2 is 1.79 bits per heavy atom. The van der Waals surface area contributed by atoms with E-state index in [1.54, 1.807) is 13.8 Å². The Bertz CT molecular complexity index is 329. The molecule has 0 aromatic carbocycles. The number of nitrogens with one attached hydrogen (secondary N) is 3. The van der Waals surface area contributed by atoms with E-state index in [2.05, 4.69) is 16.0 Å². The monoisotopic (exact) mass is 273 g/mol. The SMILES string of the molecule is CCCNC(=O)CNC(=O)NC(C)(C)CCC(=O)O. The zero-order valence-corrected chi connectivity index (χ0v) is 11.7.